The van der Waals surface area contributed by atoms with Crippen LogP contribution in [0.3, 0.4) is 0 Å². The number of nitrogens with zero attached hydrogens (tertiary/aromatic N) is 3. The molecule has 4 rings (SSSR count). The van der Waals surface area contributed by atoms with Gasteiger partial charge in [-0.05, 0) is 31.9 Å². The van der Waals surface area contributed by atoms with E-state index >= 15 is 0 Å². The van der Waals surface area contributed by atoms with Crippen LogP contribution in [0.15, 0.2) is 18.2 Å². The van der Waals surface area contributed by atoms with Crippen molar-refractivity contribution in [3.8, 4) is 0 Å². The predicted octanol–water partition coefficient (Wildman–Crippen LogP) is 3.38. The third-order valence-electron chi connectivity index (χ3n) is 5.97. The Morgan fingerprint density at radius 2 is 2.18 bits per heavy atom. The molecule has 11 heteroatoms. The van der Waals surface area contributed by atoms with Crippen molar-refractivity contribution in [3.05, 3.63) is 40.4 Å². The first-order chi connectivity index (χ1) is 15.8. The SMILES string of the molecule is CCO[C@H]1CN(c2nc3cccc(C(=O)O)c3s2)CCC1C(N)C(=O)c1nc(Cl)c(CC)[nH]1. The number of nitrogens with one attached hydrogen (secondary N) is 1. The molecule has 0 bridgehead atoms. The number of H-pyrrole nitrogens is 1. The quantitative estimate of drug-likeness (QED) is 0.408. The highest BCUT2D eigenvalue weighted by molar-refractivity contribution is 7.22. The van der Waals surface area contributed by atoms with Crippen LogP contribution in [0, 0.1) is 5.92 Å². The monoisotopic (exact) mass is 491 g/mol. The number of benzene rings is 1. The fraction of sp³-hybridized carbons (Fsp3) is 0.455. The number of nitrogens with two attached hydrogens (primary N) is 1. The number of anilines is 1. The number of carboxylic acids is 1. The first-order valence-corrected chi connectivity index (χ1v) is 12.1. The van der Waals surface area contributed by atoms with E-state index in [1.165, 1.54) is 11.3 Å². The van der Waals surface area contributed by atoms with E-state index in [0.29, 0.717) is 53.6 Å². The Kier molecular flexibility index (Phi) is 6.99. The minimum atomic E-state index is -0.976. The Morgan fingerprint density at radius 3 is 2.85 bits per heavy atom. The van der Waals surface area contributed by atoms with E-state index < -0.39 is 12.0 Å². The number of hydrogen-bond donors (Lipinski definition) is 3. The molecule has 2 aromatic heterocycles. The normalized spacial score (nSPS) is 19.7. The van der Waals surface area contributed by atoms with Gasteiger partial charge in [0, 0.05) is 25.6 Å². The molecule has 0 saturated carbocycles. The van der Waals surface area contributed by atoms with Crippen molar-refractivity contribution in [2.24, 2.45) is 11.7 Å². The van der Waals surface area contributed by atoms with Gasteiger partial charge in [-0.15, -0.1) is 0 Å². The van der Waals surface area contributed by atoms with E-state index in [1.807, 2.05) is 19.9 Å². The maximum atomic E-state index is 13.0. The van der Waals surface area contributed by atoms with Gasteiger partial charge in [0.1, 0.15) is 0 Å². The molecule has 0 amide bonds. The number of aromatic amines is 1. The van der Waals surface area contributed by atoms with Crippen molar-refractivity contribution in [3.63, 3.8) is 0 Å². The molecule has 3 atom stereocenters. The molecule has 1 aliphatic heterocycles. The number of fused-ring (bicyclic) bond motifs is 1. The van der Waals surface area contributed by atoms with E-state index in [9.17, 15) is 14.7 Å². The van der Waals surface area contributed by atoms with Gasteiger partial charge in [-0.2, -0.15) is 0 Å². The van der Waals surface area contributed by atoms with E-state index in [1.54, 1.807) is 12.1 Å². The number of aromatic nitrogens is 3. The maximum Gasteiger partial charge on any atom is 0.337 e. The molecule has 3 aromatic rings. The summed E-state index contributed by atoms with van der Waals surface area (Å²) in [6, 6.07) is 4.30. The number of carbonyl (C=O) groups is 2. The Bertz CT molecular complexity index is 1180. The minimum absolute atomic E-state index is 0.175. The second-order valence-corrected chi connectivity index (χ2v) is 9.28. The van der Waals surface area contributed by atoms with Crippen molar-refractivity contribution in [1.29, 1.82) is 0 Å². The number of carboxylic acid groups (broad SMARTS) is 1. The molecule has 33 heavy (non-hydrogen) atoms. The van der Waals surface area contributed by atoms with Crippen molar-refractivity contribution < 1.29 is 19.4 Å². The maximum absolute atomic E-state index is 13.0. The summed E-state index contributed by atoms with van der Waals surface area (Å²) in [5.74, 6) is -1.29. The molecule has 2 unspecified atom stereocenters. The third-order valence-corrected chi connectivity index (χ3v) is 7.45. The zero-order valence-electron chi connectivity index (χ0n) is 18.4. The lowest BCUT2D eigenvalue weighted by molar-refractivity contribution is 0.00472. The molecule has 1 aromatic carbocycles. The molecule has 1 saturated heterocycles. The number of carbonyl (C=O) groups excluding carboxylic acids is 1. The highest BCUT2D eigenvalue weighted by atomic mass is 35.5. The first-order valence-electron chi connectivity index (χ1n) is 10.9. The number of thiazole rings is 1. The van der Waals surface area contributed by atoms with Crippen LogP contribution < -0.4 is 10.6 Å². The number of rotatable bonds is 8. The molecule has 0 radical (unpaired) electrons. The Hall–Kier alpha value is -2.53. The van der Waals surface area contributed by atoms with Crippen LogP contribution in [0.5, 0.6) is 0 Å². The molecule has 3 heterocycles. The summed E-state index contributed by atoms with van der Waals surface area (Å²) in [5.41, 5.74) is 8.01. The highest BCUT2D eigenvalue weighted by Crippen LogP contribution is 2.35. The minimum Gasteiger partial charge on any atom is -0.478 e. The number of ketones is 1. The summed E-state index contributed by atoms with van der Waals surface area (Å²) in [5, 5.41) is 10.5. The zero-order valence-corrected chi connectivity index (χ0v) is 19.9. The van der Waals surface area contributed by atoms with Gasteiger partial charge >= 0.3 is 5.97 Å². The summed E-state index contributed by atoms with van der Waals surface area (Å²) in [4.78, 5) is 38.4. The standard InChI is InChI=1S/C22H26ClN5O4S/c1-3-13-19(23)27-20(25-13)17(29)16(24)11-8-9-28(10-15(11)32-4-2)22-26-14-7-5-6-12(21(30)31)18(14)33-22/h5-7,11,15-16H,3-4,8-10,24H2,1-2H3,(H,25,27)(H,30,31)/t11?,15-,16?/m0/s1. The predicted molar refractivity (Wildman–Crippen MR) is 128 cm³/mol. The second-order valence-electron chi connectivity index (χ2n) is 7.95. The molecule has 4 N–H and O–H groups in total. The number of ether oxygens (including phenoxy) is 1. The smallest absolute Gasteiger partial charge is 0.337 e. The van der Waals surface area contributed by atoms with Crippen LogP contribution in [0.1, 0.15) is 46.9 Å². The molecule has 0 spiro atoms. The zero-order chi connectivity index (χ0) is 23.7. The lowest BCUT2D eigenvalue weighted by Crippen LogP contribution is -2.53. The van der Waals surface area contributed by atoms with Gasteiger partial charge in [0.15, 0.2) is 16.1 Å². The number of aromatic carboxylic acids is 1. The lowest BCUT2D eigenvalue weighted by atomic mass is 9.85. The molecule has 176 valence electrons. The Balaban J connectivity index is 1.55. The first kappa shape index (κ1) is 23.6. The number of piperidine rings is 1. The van der Waals surface area contributed by atoms with Gasteiger partial charge in [0.25, 0.3) is 0 Å². The van der Waals surface area contributed by atoms with Crippen LogP contribution in [0.2, 0.25) is 5.15 Å². The summed E-state index contributed by atoms with van der Waals surface area (Å²) < 4.78 is 6.63. The van der Waals surface area contributed by atoms with Crippen molar-refractivity contribution >= 4 is 50.0 Å². The Morgan fingerprint density at radius 1 is 1.39 bits per heavy atom. The molecule has 0 aliphatic carbocycles. The summed E-state index contributed by atoms with van der Waals surface area (Å²) in [7, 11) is 0. The van der Waals surface area contributed by atoms with E-state index in [-0.39, 0.29) is 29.2 Å². The van der Waals surface area contributed by atoms with Crippen LogP contribution in [0.25, 0.3) is 10.2 Å². The average molecular weight is 492 g/mol. The van der Waals surface area contributed by atoms with E-state index in [4.69, 9.17) is 22.1 Å². The average Bonchev–Trinajstić information content (AvgIpc) is 3.41. The Labute approximate surface area is 199 Å². The largest absolute Gasteiger partial charge is 0.478 e. The van der Waals surface area contributed by atoms with Crippen LogP contribution >= 0.6 is 22.9 Å². The molecular formula is C22H26ClN5O4S. The van der Waals surface area contributed by atoms with Crippen LogP contribution in [0.4, 0.5) is 5.13 Å². The second kappa shape index (κ2) is 9.76. The van der Waals surface area contributed by atoms with E-state index in [2.05, 4.69) is 19.9 Å². The fourth-order valence-electron chi connectivity index (χ4n) is 4.24. The number of aryl methyl sites for hydroxylation is 1. The third kappa shape index (κ3) is 4.61. The molecule has 9 nitrogen and oxygen atoms in total. The van der Waals surface area contributed by atoms with Gasteiger partial charge in [0.05, 0.1) is 33.6 Å². The molecule has 1 aliphatic rings. The molecular weight excluding hydrogens is 466 g/mol. The van der Waals surface area contributed by atoms with Crippen molar-refractivity contribution in [1.82, 2.24) is 15.0 Å². The molecule has 1 fully saturated rings. The van der Waals surface area contributed by atoms with Crippen LogP contribution in [-0.4, -0.2) is 63.7 Å². The number of hydrogen-bond acceptors (Lipinski definition) is 8. The number of halogens is 1. The van der Waals surface area contributed by atoms with Gasteiger partial charge in [-0.25, -0.2) is 14.8 Å². The van der Waals surface area contributed by atoms with Crippen LogP contribution in [-0.2, 0) is 11.2 Å². The summed E-state index contributed by atoms with van der Waals surface area (Å²) >= 11 is 7.45. The summed E-state index contributed by atoms with van der Waals surface area (Å²) in [6.45, 7) is 5.43. The van der Waals surface area contributed by atoms with Gasteiger partial charge in [-0.3, -0.25) is 4.79 Å². The highest BCUT2D eigenvalue weighted by Gasteiger charge is 2.39. The fourth-order valence-corrected chi connectivity index (χ4v) is 5.61. The van der Waals surface area contributed by atoms with Crippen molar-refractivity contribution in [2.75, 3.05) is 24.6 Å². The van der Waals surface area contributed by atoms with Gasteiger partial charge in [-0.1, -0.05) is 35.9 Å². The van der Waals surface area contributed by atoms with E-state index in [0.717, 1.165) is 5.13 Å². The topological polar surface area (TPSA) is 134 Å². The number of Topliss-reactive ketones (excluding diaryl/α,β-unsaturated/α-hetero) is 1. The summed E-state index contributed by atoms with van der Waals surface area (Å²) in [6.07, 6.45) is 0.971. The lowest BCUT2D eigenvalue weighted by Gasteiger charge is -2.40. The number of imidazole rings is 1. The van der Waals surface area contributed by atoms with Gasteiger partial charge in [0.2, 0.25) is 5.78 Å². The van der Waals surface area contributed by atoms with Gasteiger partial charge < -0.3 is 25.5 Å². The van der Waals surface area contributed by atoms with Crippen molar-refractivity contribution in [2.45, 2.75) is 38.8 Å².